The van der Waals surface area contributed by atoms with Crippen molar-refractivity contribution in [2.24, 2.45) is 7.05 Å². The summed E-state index contributed by atoms with van der Waals surface area (Å²) < 4.78 is 6.91. The average Bonchev–Trinajstić information content (AvgIpc) is 2.72. The molecule has 5 heteroatoms. The molecule has 5 nitrogen and oxygen atoms in total. The first-order chi connectivity index (χ1) is 8.24. The Labute approximate surface area is 104 Å². The van der Waals surface area contributed by atoms with Gasteiger partial charge in [-0.15, -0.1) is 0 Å². The molecule has 1 aromatic heterocycles. The third-order valence-electron chi connectivity index (χ3n) is 2.83. The summed E-state index contributed by atoms with van der Waals surface area (Å²) in [5, 5.41) is 7.50. The van der Waals surface area contributed by atoms with E-state index in [4.69, 9.17) is 4.74 Å². The van der Waals surface area contributed by atoms with Gasteiger partial charge >= 0.3 is 0 Å². The molecule has 0 saturated carbocycles. The second-order valence-corrected chi connectivity index (χ2v) is 4.24. The van der Waals surface area contributed by atoms with Crippen LogP contribution in [-0.2, 0) is 18.2 Å². The Morgan fingerprint density at radius 3 is 2.88 bits per heavy atom. The first-order valence-electron chi connectivity index (χ1n) is 6.09. The number of aromatic nitrogens is 2. The molecule has 0 aliphatic carbocycles. The van der Waals surface area contributed by atoms with Crippen molar-refractivity contribution in [1.29, 1.82) is 0 Å². The lowest BCUT2D eigenvalue weighted by molar-refractivity contribution is 0.198. The van der Waals surface area contributed by atoms with E-state index >= 15 is 0 Å². The monoisotopic (exact) mass is 240 g/mol. The Morgan fingerprint density at radius 1 is 1.41 bits per heavy atom. The van der Waals surface area contributed by atoms with Crippen LogP contribution in [0.4, 0.5) is 0 Å². The maximum atomic E-state index is 4.97. The molecule has 0 atom stereocenters. The number of nitrogens with zero attached hydrogens (tertiary/aromatic N) is 3. The van der Waals surface area contributed by atoms with Crippen LogP contribution in [0, 0.1) is 0 Å². The number of nitrogens with one attached hydrogen (secondary N) is 1. The molecule has 0 radical (unpaired) electrons. The summed E-state index contributed by atoms with van der Waals surface area (Å²) in [7, 11) is 5.86. The zero-order valence-electron chi connectivity index (χ0n) is 11.1. The number of aryl methyl sites for hydroxylation is 1. The molecular formula is C12H24N4O. The van der Waals surface area contributed by atoms with E-state index < -0.39 is 0 Å². The number of likely N-dealkylation sites (N-methyl/N-ethyl adjacent to an activating group) is 1. The number of hydrogen-bond acceptors (Lipinski definition) is 4. The summed E-state index contributed by atoms with van der Waals surface area (Å²) >= 11 is 0. The molecule has 1 heterocycles. The van der Waals surface area contributed by atoms with Gasteiger partial charge in [0.1, 0.15) is 0 Å². The first-order valence-corrected chi connectivity index (χ1v) is 6.09. The third kappa shape index (κ3) is 5.81. The van der Waals surface area contributed by atoms with E-state index in [9.17, 15) is 0 Å². The van der Waals surface area contributed by atoms with Gasteiger partial charge in [-0.05, 0) is 13.1 Å². The lowest BCUT2D eigenvalue weighted by atomic mass is 10.3. The highest BCUT2D eigenvalue weighted by molar-refractivity contribution is 5.00. The van der Waals surface area contributed by atoms with Crippen LogP contribution in [-0.4, -0.2) is 61.6 Å². The summed E-state index contributed by atoms with van der Waals surface area (Å²) in [6, 6.07) is 2.07. The highest BCUT2D eigenvalue weighted by Crippen LogP contribution is 1.98. The van der Waals surface area contributed by atoms with Crippen molar-refractivity contribution >= 4 is 0 Å². The Balaban J connectivity index is 2.05. The topological polar surface area (TPSA) is 42.3 Å². The highest BCUT2D eigenvalue weighted by atomic mass is 16.5. The van der Waals surface area contributed by atoms with Crippen molar-refractivity contribution in [3.05, 3.63) is 18.0 Å². The van der Waals surface area contributed by atoms with Gasteiger partial charge < -0.3 is 15.0 Å². The summed E-state index contributed by atoms with van der Waals surface area (Å²) in [6.45, 7) is 4.82. The Kier molecular flexibility index (Phi) is 6.84. The lowest BCUT2D eigenvalue weighted by Crippen LogP contribution is -2.32. The van der Waals surface area contributed by atoms with Crippen LogP contribution in [0.25, 0.3) is 0 Å². The first kappa shape index (κ1) is 14.2. The molecule has 1 aromatic rings. The Morgan fingerprint density at radius 2 is 2.24 bits per heavy atom. The molecular weight excluding hydrogens is 216 g/mol. The van der Waals surface area contributed by atoms with Crippen LogP contribution in [0.2, 0.25) is 0 Å². The van der Waals surface area contributed by atoms with Crippen LogP contribution in [0.3, 0.4) is 0 Å². The van der Waals surface area contributed by atoms with E-state index in [0.717, 1.165) is 39.2 Å². The minimum Gasteiger partial charge on any atom is -0.383 e. The molecule has 0 bridgehead atoms. The van der Waals surface area contributed by atoms with Gasteiger partial charge in [-0.25, -0.2) is 0 Å². The summed E-state index contributed by atoms with van der Waals surface area (Å²) in [4.78, 5) is 2.33. The van der Waals surface area contributed by atoms with E-state index in [2.05, 4.69) is 28.4 Å². The number of hydrogen-bond donors (Lipinski definition) is 1. The van der Waals surface area contributed by atoms with E-state index in [1.54, 1.807) is 7.11 Å². The van der Waals surface area contributed by atoms with Gasteiger partial charge in [0.05, 0.1) is 6.61 Å². The number of ether oxygens (including phenoxy) is 1. The molecule has 0 aromatic carbocycles. The minimum atomic E-state index is 0.777. The zero-order valence-corrected chi connectivity index (χ0v) is 11.1. The zero-order chi connectivity index (χ0) is 12.5. The molecule has 0 unspecified atom stereocenters. The second-order valence-electron chi connectivity index (χ2n) is 4.24. The van der Waals surface area contributed by atoms with Gasteiger partial charge in [0, 0.05) is 58.6 Å². The van der Waals surface area contributed by atoms with Gasteiger partial charge in [-0.2, -0.15) is 5.10 Å². The molecule has 0 spiro atoms. The van der Waals surface area contributed by atoms with Crippen molar-refractivity contribution in [2.75, 3.05) is 46.9 Å². The van der Waals surface area contributed by atoms with Crippen molar-refractivity contribution in [3.8, 4) is 0 Å². The molecule has 0 amide bonds. The Bertz CT molecular complexity index is 300. The van der Waals surface area contributed by atoms with E-state index in [1.165, 1.54) is 5.69 Å². The second kappa shape index (κ2) is 8.22. The largest absolute Gasteiger partial charge is 0.383 e. The molecule has 98 valence electrons. The van der Waals surface area contributed by atoms with Gasteiger partial charge in [0.15, 0.2) is 0 Å². The minimum absolute atomic E-state index is 0.777. The fourth-order valence-corrected chi connectivity index (χ4v) is 1.63. The van der Waals surface area contributed by atoms with Gasteiger partial charge in [0.25, 0.3) is 0 Å². The van der Waals surface area contributed by atoms with Gasteiger partial charge in [-0.1, -0.05) is 0 Å². The third-order valence-corrected chi connectivity index (χ3v) is 2.83. The Hall–Kier alpha value is -0.910. The smallest absolute Gasteiger partial charge is 0.0587 e. The summed E-state index contributed by atoms with van der Waals surface area (Å²) in [6.07, 6.45) is 2.90. The number of rotatable bonds is 9. The number of methoxy groups -OCH3 is 1. The van der Waals surface area contributed by atoms with Crippen molar-refractivity contribution in [2.45, 2.75) is 6.42 Å². The maximum Gasteiger partial charge on any atom is 0.0587 e. The van der Waals surface area contributed by atoms with E-state index in [1.807, 2.05) is 17.9 Å². The molecule has 1 rings (SSSR count). The normalized spacial score (nSPS) is 11.3. The fraction of sp³-hybridized carbons (Fsp3) is 0.750. The average molecular weight is 240 g/mol. The highest BCUT2D eigenvalue weighted by Gasteiger charge is 2.01. The van der Waals surface area contributed by atoms with Gasteiger partial charge in [-0.3, -0.25) is 4.68 Å². The van der Waals surface area contributed by atoms with Crippen LogP contribution < -0.4 is 5.32 Å². The van der Waals surface area contributed by atoms with Crippen LogP contribution >= 0.6 is 0 Å². The molecule has 17 heavy (non-hydrogen) atoms. The quantitative estimate of drug-likeness (QED) is 0.623. The molecule has 0 aliphatic rings. The molecule has 1 N–H and O–H groups in total. The molecule has 0 aliphatic heterocycles. The standard InChI is InChI=1S/C12H24N4O/c1-15(10-7-13-8-11-17-3)9-5-12-4-6-14-16(12)2/h4,6,13H,5,7-11H2,1-3H3. The summed E-state index contributed by atoms with van der Waals surface area (Å²) in [5.74, 6) is 0. The summed E-state index contributed by atoms with van der Waals surface area (Å²) in [5.41, 5.74) is 1.28. The molecule has 0 saturated heterocycles. The predicted molar refractivity (Wildman–Crippen MR) is 69.2 cm³/mol. The predicted octanol–water partition coefficient (Wildman–Crippen LogP) is 0.130. The lowest BCUT2D eigenvalue weighted by Gasteiger charge is -2.16. The van der Waals surface area contributed by atoms with Gasteiger partial charge in [0.2, 0.25) is 0 Å². The van der Waals surface area contributed by atoms with Crippen molar-refractivity contribution in [1.82, 2.24) is 20.0 Å². The van der Waals surface area contributed by atoms with Crippen molar-refractivity contribution in [3.63, 3.8) is 0 Å². The van der Waals surface area contributed by atoms with Crippen LogP contribution in [0.15, 0.2) is 12.3 Å². The van der Waals surface area contributed by atoms with Crippen LogP contribution in [0.5, 0.6) is 0 Å². The SMILES string of the molecule is COCCNCCN(C)CCc1ccnn1C. The molecule has 0 fully saturated rings. The van der Waals surface area contributed by atoms with E-state index in [-0.39, 0.29) is 0 Å². The fourth-order valence-electron chi connectivity index (χ4n) is 1.63. The van der Waals surface area contributed by atoms with Crippen LogP contribution in [0.1, 0.15) is 5.69 Å². The van der Waals surface area contributed by atoms with E-state index in [0.29, 0.717) is 0 Å². The maximum absolute atomic E-state index is 4.97. The van der Waals surface area contributed by atoms with Crippen molar-refractivity contribution < 1.29 is 4.74 Å².